The standard InChI is InChI=1S/C10H7BrF5NO3/c11-2-5-8(20-10(14,15)16)7(9(12)13)4(3-17-5)1-6(18)19/h3,9H,1-2H2,(H,18,19). The Hall–Kier alpha value is -1.45. The van der Waals surface area contributed by atoms with Crippen molar-refractivity contribution in [3.05, 3.63) is 23.0 Å². The zero-order valence-corrected chi connectivity index (χ0v) is 11.1. The average molecular weight is 364 g/mol. The fraction of sp³-hybridized carbons (Fsp3) is 0.400. The lowest BCUT2D eigenvalue weighted by atomic mass is 10.1. The highest BCUT2D eigenvalue weighted by Crippen LogP contribution is 2.38. The van der Waals surface area contributed by atoms with Gasteiger partial charge in [-0.2, -0.15) is 0 Å². The van der Waals surface area contributed by atoms with Gasteiger partial charge in [0, 0.05) is 11.5 Å². The van der Waals surface area contributed by atoms with Crippen LogP contribution in [0.25, 0.3) is 0 Å². The van der Waals surface area contributed by atoms with E-state index < -0.39 is 47.7 Å². The molecule has 0 amide bonds. The van der Waals surface area contributed by atoms with Crippen LogP contribution < -0.4 is 4.74 Å². The Morgan fingerprint density at radius 2 is 2.05 bits per heavy atom. The molecule has 0 aliphatic rings. The molecule has 1 N–H and O–H groups in total. The average Bonchev–Trinajstić information content (AvgIpc) is 2.25. The van der Waals surface area contributed by atoms with Gasteiger partial charge in [0.1, 0.15) is 0 Å². The highest BCUT2D eigenvalue weighted by molar-refractivity contribution is 9.08. The summed E-state index contributed by atoms with van der Waals surface area (Å²) < 4.78 is 66.3. The van der Waals surface area contributed by atoms with E-state index in [1.54, 1.807) is 0 Å². The molecule has 0 saturated carbocycles. The molecular formula is C10H7BrF5NO3. The third-order valence-corrected chi connectivity index (χ3v) is 2.66. The van der Waals surface area contributed by atoms with Gasteiger partial charge in [-0.3, -0.25) is 9.78 Å². The summed E-state index contributed by atoms with van der Waals surface area (Å²) in [5.74, 6) is -2.64. The monoisotopic (exact) mass is 363 g/mol. The first-order valence-corrected chi connectivity index (χ1v) is 6.10. The summed E-state index contributed by atoms with van der Waals surface area (Å²) in [6, 6.07) is 0. The lowest BCUT2D eigenvalue weighted by Gasteiger charge is -2.17. The Morgan fingerprint density at radius 1 is 1.45 bits per heavy atom. The van der Waals surface area contributed by atoms with Gasteiger partial charge >= 0.3 is 12.3 Å². The predicted molar refractivity (Wildman–Crippen MR) is 59.8 cm³/mol. The van der Waals surface area contributed by atoms with E-state index in [1.807, 2.05) is 0 Å². The van der Waals surface area contributed by atoms with E-state index in [4.69, 9.17) is 5.11 Å². The Kier molecular flexibility index (Phi) is 5.26. The number of carboxylic acids is 1. The minimum absolute atomic E-state index is 0.258. The topological polar surface area (TPSA) is 59.4 Å². The summed E-state index contributed by atoms with van der Waals surface area (Å²) in [4.78, 5) is 14.1. The van der Waals surface area contributed by atoms with Gasteiger partial charge in [-0.25, -0.2) is 8.78 Å². The summed E-state index contributed by atoms with van der Waals surface area (Å²) in [7, 11) is 0. The Morgan fingerprint density at radius 3 is 2.45 bits per heavy atom. The van der Waals surface area contributed by atoms with E-state index >= 15 is 0 Å². The first-order chi connectivity index (χ1) is 9.15. The number of aromatic nitrogens is 1. The van der Waals surface area contributed by atoms with Gasteiger partial charge in [0.05, 0.1) is 17.7 Å². The molecule has 4 nitrogen and oxygen atoms in total. The SMILES string of the molecule is O=C(O)Cc1cnc(CBr)c(OC(F)(F)F)c1C(F)F. The lowest BCUT2D eigenvalue weighted by Crippen LogP contribution is -2.21. The maximum atomic E-state index is 12.9. The second-order valence-corrected chi connectivity index (χ2v) is 4.09. The molecule has 1 aromatic rings. The van der Waals surface area contributed by atoms with Crippen LogP contribution in [0.15, 0.2) is 6.20 Å². The van der Waals surface area contributed by atoms with Crippen molar-refractivity contribution >= 4 is 21.9 Å². The van der Waals surface area contributed by atoms with Crippen molar-refractivity contribution in [3.63, 3.8) is 0 Å². The quantitative estimate of drug-likeness (QED) is 0.643. The van der Waals surface area contributed by atoms with E-state index in [0.717, 1.165) is 6.20 Å². The highest BCUT2D eigenvalue weighted by Gasteiger charge is 2.36. The number of aliphatic carboxylic acids is 1. The smallest absolute Gasteiger partial charge is 0.481 e. The van der Waals surface area contributed by atoms with Crippen LogP contribution in [0.5, 0.6) is 5.75 Å². The van der Waals surface area contributed by atoms with Crippen molar-refractivity contribution in [2.24, 2.45) is 0 Å². The van der Waals surface area contributed by atoms with Crippen molar-refractivity contribution < 1.29 is 36.6 Å². The van der Waals surface area contributed by atoms with Crippen LogP contribution in [-0.4, -0.2) is 22.4 Å². The third-order valence-electron chi connectivity index (χ3n) is 2.13. The molecule has 112 valence electrons. The van der Waals surface area contributed by atoms with E-state index in [9.17, 15) is 26.7 Å². The van der Waals surface area contributed by atoms with Crippen molar-refractivity contribution in [1.29, 1.82) is 0 Å². The summed E-state index contributed by atoms with van der Waals surface area (Å²) >= 11 is 2.80. The minimum atomic E-state index is -5.19. The maximum absolute atomic E-state index is 12.9. The second kappa shape index (κ2) is 6.33. The number of carbonyl (C=O) groups is 1. The predicted octanol–water partition coefficient (Wildman–Crippen LogP) is 3.44. The molecule has 0 aliphatic carbocycles. The summed E-state index contributed by atoms with van der Waals surface area (Å²) in [5.41, 5.74) is -2.04. The zero-order valence-electron chi connectivity index (χ0n) is 9.55. The van der Waals surface area contributed by atoms with Crippen LogP contribution in [0.4, 0.5) is 22.0 Å². The van der Waals surface area contributed by atoms with Crippen LogP contribution in [0, 0.1) is 0 Å². The van der Waals surface area contributed by atoms with Crippen LogP contribution in [0.3, 0.4) is 0 Å². The normalized spacial score (nSPS) is 11.8. The number of hydrogen-bond acceptors (Lipinski definition) is 3. The van der Waals surface area contributed by atoms with Gasteiger partial charge in [0.15, 0.2) is 5.75 Å². The number of nitrogens with zero attached hydrogens (tertiary/aromatic N) is 1. The van der Waals surface area contributed by atoms with Gasteiger partial charge in [-0.05, 0) is 5.56 Å². The molecule has 0 bridgehead atoms. The minimum Gasteiger partial charge on any atom is -0.481 e. The number of halogens is 6. The summed E-state index contributed by atoms with van der Waals surface area (Å²) in [6.45, 7) is 0. The number of carboxylic acid groups (broad SMARTS) is 1. The summed E-state index contributed by atoms with van der Waals surface area (Å²) in [5, 5.41) is 8.32. The zero-order chi connectivity index (χ0) is 15.5. The van der Waals surface area contributed by atoms with Crippen molar-refractivity contribution in [2.45, 2.75) is 24.5 Å². The highest BCUT2D eigenvalue weighted by atomic mass is 79.9. The fourth-order valence-electron chi connectivity index (χ4n) is 1.45. The van der Waals surface area contributed by atoms with Crippen LogP contribution in [-0.2, 0) is 16.5 Å². The number of rotatable bonds is 5. The molecular weight excluding hydrogens is 357 g/mol. The molecule has 1 heterocycles. The van der Waals surface area contributed by atoms with Crippen molar-refractivity contribution in [3.8, 4) is 5.75 Å². The molecule has 0 aliphatic heterocycles. The fourth-order valence-corrected chi connectivity index (χ4v) is 1.85. The molecule has 0 spiro atoms. The number of ether oxygens (including phenoxy) is 1. The van der Waals surface area contributed by atoms with Crippen molar-refractivity contribution in [1.82, 2.24) is 4.98 Å². The molecule has 10 heteroatoms. The molecule has 20 heavy (non-hydrogen) atoms. The van der Waals surface area contributed by atoms with Crippen molar-refractivity contribution in [2.75, 3.05) is 0 Å². The molecule has 0 radical (unpaired) electrons. The second-order valence-electron chi connectivity index (χ2n) is 3.53. The Labute approximate surface area is 117 Å². The van der Waals surface area contributed by atoms with Gasteiger partial charge in [-0.1, -0.05) is 15.9 Å². The Bertz CT molecular complexity index is 506. The van der Waals surface area contributed by atoms with E-state index in [-0.39, 0.29) is 5.33 Å². The molecule has 0 atom stereocenters. The van der Waals surface area contributed by atoms with E-state index in [2.05, 4.69) is 25.7 Å². The van der Waals surface area contributed by atoms with Crippen LogP contribution in [0.1, 0.15) is 23.2 Å². The molecule has 0 unspecified atom stereocenters. The van der Waals surface area contributed by atoms with E-state index in [0.29, 0.717) is 0 Å². The van der Waals surface area contributed by atoms with Crippen LogP contribution >= 0.6 is 15.9 Å². The van der Waals surface area contributed by atoms with Gasteiger partial charge in [-0.15, -0.1) is 13.2 Å². The molecule has 0 aromatic carbocycles. The number of pyridine rings is 1. The van der Waals surface area contributed by atoms with Gasteiger partial charge < -0.3 is 9.84 Å². The number of hydrogen-bond donors (Lipinski definition) is 1. The van der Waals surface area contributed by atoms with Crippen LogP contribution in [0.2, 0.25) is 0 Å². The molecule has 1 aromatic heterocycles. The first kappa shape index (κ1) is 16.6. The van der Waals surface area contributed by atoms with E-state index in [1.165, 1.54) is 0 Å². The largest absolute Gasteiger partial charge is 0.573 e. The third kappa shape index (κ3) is 4.29. The molecule has 0 saturated heterocycles. The Balaban J connectivity index is 3.44. The number of alkyl halides is 6. The first-order valence-electron chi connectivity index (χ1n) is 4.98. The maximum Gasteiger partial charge on any atom is 0.573 e. The van der Waals surface area contributed by atoms with Gasteiger partial charge in [0.2, 0.25) is 0 Å². The van der Waals surface area contributed by atoms with Gasteiger partial charge in [0.25, 0.3) is 6.43 Å². The summed E-state index contributed by atoms with van der Waals surface area (Å²) in [6.07, 6.45) is -8.61. The molecule has 1 rings (SSSR count). The molecule has 0 fully saturated rings. The lowest BCUT2D eigenvalue weighted by molar-refractivity contribution is -0.275.